The zero-order valence-corrected chi connectivity index (χ0v) is 10.4. The minimum absolute atomic E-state index is 0.00194. The summed E-state index contributed by atoms with van der Waals surface area (Å²) in [6, 6.07) is -0.493. The highest BCUT2D eigenvalue weighted by Gasteiger charge is 2.44. The summed E-state index contributed by atoms with van der Waals surface area (Å²) in [6.45, 7) is 9.19. The van der Waals surface area contributed by atoms with Gasteiger partial charge in [0.2, 0.25) is 5.91 Å². The van der Waals surface area contributed by atoms with E-state index in [2.05, 4.69) is 13.2 Å². The van der Waals surface area contributed by atoms with Gasteiger partial charge in [0.15, 0.2) is 0 Å². The van der Waals surface area contributed by atoms with E-state index >= 15 is 0 Å². The SMILES string of the molecule is C=CCC1[C@@H](C)C[C@@H](C(=O)OC)N1C(=O)C=C. The number of hydrogen-bond donors (Lipinski definition) is 0. The van der Waals surface area contributed by atoms with Crippen molar-refractivity contribution in [2.75, 3.05) is 7.11 Å². The highest BCUT2D eigenvalue weighted by molar-refractivity contribution is 5.92. The van der Waals surface area contributed by atoms with Gasteiger partial charge in [-0.2, -0.15) is 0 Å². The highest BCUT2D eigenvalue weighted by Crippen LogP contribution is 2.32. The van der Waals surface area contributed by atoms with Crippen LogP contribution in [0.1, 0.15) is 19.8 Å². The first kappa shape index (κ1) is 13.5. The van der Waals surface area contributed by atoms with Crippen molar-refractivity contribution in [1.82, 2.24) is 4.90 Å². The summed E-state index contributed by atoms with van der Waals surface area (Å²) in [6.07, 6.45) is 4.31. The summed E-state index contributed by atoms with van der Waals surface area (Å²) in [5, 5.41) is 0. The molecule has 0 aromatic heterocycles. The van der Waals surface area contributed by atoms with E-state index in [4.69, 9.17) is 4.74 Å². The lowest BCUT2D eigenvalue weighted by molar-refractivity contribution is -0.150. The molecule has 4 nitrogen and oxygen atoms in total. The van der Waals surface area contributed by atoms with Crippen molar-refractivity contribution in [2.24, 2.45) is 5.92 Å². The third-order valence-corrected chi connectivity index (χ3v) is 3.26. The van der Waals surface area contributed by atoms with E-state index in [1.54, 1.807) is 11.0 Å². The molecular weight excluding hydrogens is 218 g/mol. The fraction of sp³-hybridized carbons (Fsp3) is 0.538. The fourth-order valence-electron chi connectivity index (χ4n) is 2.41. The van der Waals surface area contributed by atoms with E-state index in [9.17, 15) is 9.59 Å². The Morgan fingerprint density at radius 1 is 1.47 bits per heavy atom. The molecule has 1 amide bonds. The van der Waals surface area contributed by atoms with E-state index in [1.165, 1.54) is 13.2 Å². The first-order valence-corrected chi connectivity index (χ1v) is 5.70. The van der Waals surface area contributed by atoms with Gasteiger partial charge in [-0.15, -0.1) is 6.58 Å². The zero-order chi connectivity index (χ0) is 13.0. The van der Waals surface area contributed by atoms with Crippen LogP contribution in [0.3, 0.4) is 0 Å². The minimum Gasteiger partial charge on any atom is -0.467 e. The van der Waals surface area contributed by atoms with Crippen LogP contribution >= 0.6 is 0 Å². The molecule has 0 bridgehead atoms. The molecule has 1 unspecified atom stereocenters. The van der Waals surface area contributed by atoms with Gasteiger partial charge in [0.1, 0.15) is 6.04 Å². The molecule has 94 valence electrons. The number of methoxy groups -OCH3 is 1. The van der Waals surface area contributed by atoms with Gasteiger partial charge in [-0.1, -0.05) is 19.6 Å². The van der Waals surface area contributed by atoms with Crippen molar-refractivity contribution in [3.8, 4) is 0 Å². The van der Waals surface area contributed by atoms with Crippen LogP contribution in [-0.4, -0.2) is 36.0 Å². The number of esters is 1. The average molecular weight is 237 g/mol. The van der Waals surface area contributed by atoms with Gasteiger partial charge in [0, 0.05) is 6.04 Å². The van der Waals surface area contributed by atoms with Crippen LogP contribution in [0.5, 0.6) is 0 Å². The Hall–Kier alpha value is -1.58. The van der Waals surface area contributed by atoms with E-state index < -0.39 is 6.04 Å². The second-order valence-corrected chi connectivity index (χ2v) is 4.29. The number of ether oxygens (including phenoxy) is 1. The van der Waals surface area contributed by atoms with Crippen molar-refractivity contribution in [3.05, 3.63) is 25.3 Å². The number of rotatable bonds is 4. The summed E-state index contributed by atoms with van der Waals surface area (Å²) in [7, 11) is 1.34. The molecule has 0 aromatic carbocycles. The predicted molar refractivity (Wildman–Crippen MR) is 65.2 cm³/mol. The van der Waals surface area contributed by atoms with Crippen LogP contribution in [0.2, 0.25) is 0 Å². The van der Waals surface area contributed by atoms with Crippen molar-refractivity contribution in [1.29, 1.82) is 0 Å². The summed E-state index contributed by atoms with van der Waals surface area (Å²) in [4.78, 5) is 25.1. The molecule has 3 atom stereocenters. The topological polar surface area (TPSA) is 46.6 Å². The van der Waals surface area contributed by atoms with Crippen LogP contribution in [0.15, 0.2) is 25.3 Å². The second-order valence-electron chi connectivity index (χ2n) is 4.29. The average Bonchev–Trinajstić information content (AvgIpc) is 2.65. The normalized spacial score (nSPS) is 27.6. The molecule has 0 spiro atoms. The maximum atomic E-state index is 11.8. The molecule has 17 heavy (non-hydrogen) atoms. The first-order chi connectivity index (χ1) is 8.06. The molecule has 1 fully saturated rings. The van der Waals surface area contributed by atoms with E-state index in [-0.39, 0.29) is 23.8 Å². The van der Waals surface area contributed by atoms with Crippen molar-refractivity contribution >= 4 is 11.9 Å². The van der Waals surface area contributed by atoms with E-state index in [0.29, 0.717) is 12.8 Å². The highest BCUT2D eigenvalue weighted by atomic mass is 16.5. The Balaban J connectivity index is 2.99. The van der Waals surface area contributed by atoms with E-state index in [1.807, 2.05) is 6.92 Å². The number of nitrogens with zero attached hydrogens (tertiary/aromatic N) is 1. The Morgan fingerprint density at radius 2 is 2.12 bits per heavy atom. The minimum atomic E-state index is -0.495. The van der Waals surface area contributed by atoms with Gasteiger partial charge in [0.25, 0.3) is 0 Å². The third-order valence-electron chi connectivity index (χ3n) is 3.26. The zero-order valence-electron chi connectivity index (χ0n) is 10.4. The molecule has 1 rings (SSSR count). The molecule has 0 saturated carbocycles. The predicted octanol–water partition coefficient (Wildman–Crippen LogP) is 1.53. The number of carbonyl (C=O) groups excluding carboxylic acids is 2. The van der Waals surface area contributed by atoms with Gasteiger partial charge >= 0.3 is 5.97 Å². The van der Waals surface area contributed by atoms with Crippen molar-refractivity contribution in [2.45, 2.75) is 31.8 Å². The summed E-state index contributed by atoms with van der Waals surface area (Å²) >= 11 is 0. The number of carbonyl (C=O) groups is 2. The molecule has 0 aliphatic carbocycles. The first-order valence-electron chi connectivity index (χ1n) is 5.70. The van der Waals surface area contributed by atoms with Crippen LogP contribution in [0.4, 0.5) is 0 Å². The van der Waals surface area contributed by atoms with Crippen LogP contribution < -0.4 is 0 Å². The third kappa shape index (κ3) is 2.57. The molecule has 0 aromatic rings. The van der Waals surface area contributed by atoms with Gasteiger partial charge in [-0.05, 0) is 24.8 Å². The lowest BCUT2D eigenvalue weighted by atomic mass is 9.99. The van der Waals surface area contributed by atoms with Crippen molar-refractivity contribution in [3.63, 3.8) is 0 Å². The molecule has 4 heteroatoms. The molecule has 1 heterocycles. The van der Waals surface area contributed by atoms with E-state index in [0.717, 1.165) is 0 Å². The molecule has 1 aliphatic rings. The Labute approximate surface area is 102 Å². The second kappa shape index (κ2) is 5.66. The molecule has 0 radical (unpaired) electrons. The van der Waals surface area contributed by atoms with Crippen LogP contribution in [0, 0.1) is 5.92 Å². The van der Waals surface area contributed by atoms with Gasteiger partial charge in [-0.25, -0.2) is 4.79 Å². The summed E-state index contributed by atoms with van der Waals surface area (Å²) in [5.41, 5.74) is 0. The molecular formula is C13H19NO3. The number of likely N-dealkylation sites (tertiary alicyclic amines) is 1. The Kier molecular flexibility index (Phi) is 4.49. The molecule has 0 N–H and O–H groups in total. The quantitative estimate of drug-likeness (QED) is 0.423. The smallest absolute Gasteiger partial charge is 0.328 e. The number of hydrogen-bond acceptors (Lipinski definition) is 3. The molecule has 1 saturated heterocycles. The summed E-state index contributed by atoms with van der Waals surface area (Å²) < 4.78 is 4.74. The Bertz CT molecular complexity index is 338. The van der Waals surface area contributed by atoms with Gasteiger partial charge < -0.3 is 9.64 Å². The van der Waals surface area contributed by atoms with Crippen LogP contribution in [0.25, 0.3) is 0 Å². The van der Waals surface area contributed by atoms with Crippen LogP contribution in [-0.2, 0) is 14.3 Å². The standard InChI is InChI=1S/C13H19NO3/c1-5-7-10-9(3)8-11(13(16)17-4)14(10)12(15)6-2/h5-6,9-11H,1-2,7-8H2,3-4H3/t9-,10?,11-/m0/s1. The monoisotopic (exact) mass is 237 g/mol. The van der Waals surface area contributed by atoms with Crippen molar-refractivity contribution < 1.29 is 14.3 Å². The molecule has 1 aliphatic heterocycles. The number of amides is 1. The lowest BCUT2D eigenvalue weighted by Gasteiger charge is -2.28. The maximum absolute atomic E-state index is 11.8. The van der Waals surface area contributed by atoms with Gasteiger partial charge in [-0.3, -0.25) is 4.79 Å². The lowest BCUT2D eigenvalue weighted by Crippen LogP contribution is -2.45. The maximum Gasteiger partial charge on any atom is 0.328 e. The van der Waals surface area contributed by atoms with Gasteiger partial charge in [0.05, 0.1) is 7.11 Å². The Morgan fingerprint density at radius 3 is 2.59 bits per heavy atom. The summed E-state index contributed by atoms with van der Waals surface area (Å²) in [5.74, 6) is -0.337. The largest absolute Gasteiger partial charge is 0.467 e. The fourth-order valence-corrected chi connectivity index (χ4v) is 2.41.